The van der Waals surface area contributed by atoms with Crippen molar-refractivity contribution >= 4 is 17.5 Å². The number of nitrogens with zero attached hydrogens (tertiary/aromatic N) is 1. The van der Waals surface area contributed by atoms with Gasteiger partial charge in [-0.1, -0.05) is 41.9 Å². The molecule has 1 amide bonds. The Balaban J connectivity index is 1.72. The normalized spacial score (nSPS) is 16.5. The summed E-state index contributed by atoms with van der Waals surface area (Å²) in [6.07, 6.45) is 2.21. The molecule has 4 nitrogen and oxygen atoms in total. The lowest BCUT2D eigenvalue weighted by atomic mass is 10.1. The number of amides is 1. The molecule has 0 aromatic heterocycles. The molecule has 3 rings (SSSR count). The minimum atomic E-state index is -0.0299. The fourth-order valence-electron chi connectivity index (χ4n) is 3.10. The van der Waals surface area contributed by atoms with Crippen LogP contribution in [0.2, 0.25) is 5.02 Å². The third-order valence-corrected chi connectivity index (χ3v) is 4.94. The van der Waals surface area contributed by atoms with Gasteiger partial charge in [0.15, 0.2) is 0 Å². The Kier molecular flexibility index (Phi) is 6.53. The van der Waals surface area contributed by atoms with Gasteiger partial charge >= 0.3 is 0 Å². The number of carbonyl (C=O) groups excluding carboxylic acids is 1. The number of benzene rings is 2. The smallest absolute Gasteiger partial charge is 0.257 e. The highest BCUT2D eigenvalue weighted by Gasteiger charge is 2.24. The number of hydrogen-bond acceptors (Lipinski definition) is 3. The number of ether oxygens (including phenoxy) is 2. The molecule has 1 fully saturated rings. The number of hydrogen-bond donors (Lipinski definition) is 0. The maximum absolute atomic E-state index is 13.0. The number of rotatable bonds is 7. The molecule has 1 aliphatic rings. The van der Waals surface area contributed by atoms with Crippen LogP contribution in [0.4, 0.5) is 0 Å². The lowest BCUT2D eigenvalue weighted by Gasteiger charge is -2.25. The summed E-state index contributed by atoms with van der Waals surface area (Å²) in [5.41, 5.74) is 1.46. The molecule has 26 heavy (non-hydrogen) atoms. The lowest BCUT2D eigenvalue weighted by molar-refractivity contribution is 0.0536. The second kappa shape index (κ2) is 9.06. The average molecular weight is 374 g/mol. The first-order valence-corrected chi connectivity index (χ1v) is 9.43. The lowest BCUT2D eigenvalue weighted by Crippen LogP contribution is -2.37. The first kappa shape index (κ1) is 18.7. The first-order chi connectivity index (χ1) is 12.7. The quantitative estimate of drug-likeness (QED) is 0.714. The number of carbonyl (C=O) groups is 1. The zero-order valence-corrected chi connectivity index (χ0v) is 15.7. The standard InChI is InChI=1S/C21H24ClNO3/c1-2-23(14-17-9-7-13-25-17)21(24)18-10-4-6-12-20(18)26-15-16-8-3-5-11-19(16)22/h3-6,8,10-12,17H,2,7,9,13-15H2,1H3. The van der Waals surface area contributed by atoms with Gasteiger partial charge in [-0.05, 0) is 38.0 Å². The van der Waals surface area contributed by atoms with Crippen molar-refractivity contribution in [2.24, 2.45) is 0 Å². The van der Waals surface area contributed by atoms with Crippen LogP contribution in [0.15, 0.2) is 48.5 Å². The molecule has 1 saturated heterocycles. The van der Waals surface area contributed by atoms with Gasteiger partial charge in [0.05, 0.1) is 11.7 Å². The second-order valence-corrected chi connectivity index (χ2v) is 6.76. The van der Waals surface area contributed by atoms with E-state index in [0.29, 0.717) is 36.0 Å². The monoisotopic (exact) mass is 373 g/mol. The van der Waals surface area contributed by atoms with E-state index >= 15 is 0 Å². The molecular weight excluding hydrogens is 350 g/mol. The van der Waals surface area contributed by atoms with Gasteiger partial charge < -0.3 is 14.4 Å². The number of halogens is 1. The van der Waals surface area contributed by atoms with E-state index in [1.54, 1.807) is 0 Å². The molecule has 1 heterocycles. The highest BCUT2D eigenvalue weighted by Crippen LogP contribution is 2.24. The number of para-hydroxylation sites is 1. The predicted octanol–water partition coefficient (Wildman–Crippen LogP) is 4.56. The third kappa shape index (κ3) is 4.57. The van der Waals surface area contributed by atoms with Gasteiger partial charge in [-0.2, -0.15) is 0 Å². The topological polar surface area (TPSA) is 38.8 Å². The van der Waals surface area contributed by atoms with Crippen LogP contribution < -0.4 is 4.74 Å². The Morgan fingerprint density at radius 3 is 2.73 bits per heavy atom. The summed E-state index contributed by atoms with van der Waals surface area (Å²) >= 11 is 6.19. The maximum atomic E-state index is 13.0. The summed E-state index contributed by atoms with van der Waals surface area (Å²) in [4.78, 5) is 14.9. The molecule has 1 unspecified atom stereocenters. The molecule has 0 spiro atoms. The van der Waals surface area contributed by atoms with E-state index in [1.807, 2.05) is 60.4 Å². The highest BCUT2D eigenvalue weighted by atomic mass is 35.5. The van der Waals surface area contributed by atoms with Crippen molar-refractivity contribution in [2.75, 3.05) is 19.7 Å². The summed E-state index contributed by atoms with van der Waals surface area (Å²) < 4.78 is 11.6. The predicted molar refractivity (Wildman–Crippen MR) is 103 cm³/mol. The third-order valence-electron chi connectivity index (χ3n) is 4.58. The van der Waals surface area contributed by atoms with Crippen molar-refractivity contribution in [1.29, 1.82) is 0 Å². The van der Waals surface area contributed by atoms with Crippen molar-refractivity contribution in [1.82, 2.24) is 4.90 Å². The van der Waals surface area contributed by atoms with Gasteiger partial charge in [0, 0.05) is 30.3 Å². The molecule has 0 N–H and O–H groups in total. The van der Waals surface area contributed by atoms with Crippen LogP contribution in [0.5, 0.6) is 5.75 Å². The molecular formula is C21H24ClNO3. The van der Waals surface area contributed by atoms with Gasteiger partial charge in [-0.3, -0.25) is 4.79 Å². The summed E-state index contributed by atoms with van der Waals surface area (Å²) in [6.45, 7) is 4.35. The molecule has 0 bridgehead atoms. The molecule has 0 aliphatic carbocycles. The Morgan fingerprint density at radius 2 is 2.00 bits per heavy atom. The van der Waals surface area contributed by atoms with Crippen molar-refractivity contribution < 1.29 is 14.3 Å². The summed E-state index contributed by atoms with van der Waals surface area (Å²) in [5.74, 6) is 0.543. The molecule has 2 aromatic carbocycles. The molecule has 5 heteroatoms. The van der Waals surface area contributed by atoms with Gasteiger partial charge in [0.2, 0.25) is 0 Å². The summed E-state index contributed by atoms with van der Waals surface area (Å²) in [7, 11) is 0. The first-order valence-electron chi connectivity index (χ1n) is 9.05. The van der Waals surface area contributed by atoms with Gasteiger partial charge in [-0.25, -0.2) is 0 Å². The van der Waals surface area contributed by atoms with Gasteiger partial charge in [0.25, 0.3) is 5.91 Å². The zero-order valence-electron chi connectivity index (χ0n) is 15.0. The van der Waals surface area contributed by atoms with Gasteiger partial charge in [0.1, 0.15) is 12.4 Å². The molecule has 0 radical (unpaired) electrons. The summed E-state index contributed by atoms with van der Waals surface area (Å²) in [6, 6.07) is 14.9. The van der Waals surface area contributed by atoms with Crippen molar-refractivity contribution in [2.45, 2.75) is 32.5 Å². The van der Waals surface area contributed by atoms with E-state index in [2.05, 4.69) is 0 Å². The van der Waals surface area contributed by atoms with Crippen LogP contribution in [0.1, 0.15) is 35.7 Å². The Morgan fingerprint density at radius 1 is 1.23 bits per heavy atom. The van der Waals surface area contributed by atoms with Crippen LogP contribution in [-0.4, -0.2) is 36.6 Å². The van der Waals surface area contributed by atoms with E-state index in [9.17, 15) is 4.79 Å². The van der Waals surface area contributed by atoms with Crippen molar-refractivity contribution in [3.05, 3.63) is 64.7 Å². The van der Waals surface area contributed by atoms with Crippen molar-refractivity contribution in [3.63, 3.8) is 0 Å². The van der Waals surface area contributed by atoms with Crippen LogP contribution in [0.25, 0.3) is 0 Å². The van der Waals surface area contributed by atoms with E-state index < -0.39 is 0 Å². The van der Waals surface area contributed by atoms with E-state index in [-0.39, 0.29) is 12.0 Å². The second-order valence-electron chi connectivity index (χ2n) is 6.36. The van der Waals surface area contributed by atoms with Crippen molar-refractivity contribution in [3.8, 4) is 5.75 Å². The molecule has 2 aromatic rings. The van der Waals surface area contributed by atoms with Crippen LogP contribution >= 0.6 is 11.6 Å². The van der Waals surface area contributed by atoms with Gasteiger partial charge in [-0.15, -0.1) is 0 Å². The van der Waals surface area contributed by atoms with E-state index in [1.165, 1.54) is 0 Å². The fraction of sp³-hybridized carbons (Fsp3) is 0.381. The van der Waals surface area contributed by atoms with Crippen LogP contribution in [0, 0.1) is 0 Å². The minimum Gasteiger partial charge on any atom is -0.488 e. The number of likely N-dealkylation sites (N-methyl/N-ethyl adjacent to an activating group) is 1. The van der Waals surface area contributed by atoms with Crippen LogP contribution in [0.3, 0.4) is 0 Å². The fourth-order valence-corrected chi connectivity index (χ4v) is 3.29. The molecule has 138 valence electrons. The maximum Gasteiger partial charge on any atom is 0.257 e. The average Bonchev–Trinajstić information content (AvgIpc) is 3.18. The van der Waals surface area contributed by atoms with E-state index in [0.717, 1.165) is 25.0 Å². The Labute approximate surface area is 159 Å². The van der Waals surface area contributed by atoms with E-state index in [4.69, 9.17) is 21.1 Å². The Hall–Kier alpha value is -2.04. The summed E-state index contributed by atoms with van der Waals surface area (Å²) in [5, 5.41) is 0.657. The molecule has 1 atom stereocenters. The molecule has 0 saturated carbocycles. The minimum absolute atomic E-state index is 0.0299. The molecule has 1 aliphatic heterocycles. The van der Waals surface area contributed by atoms with Crippen LogP contribution in [-0.2, 0) is 11.3 Å². The SMILES string of the molecule is CCN(CC1CCCO1)C(=O)c1ccccc1OCc1ccccc1Cl. The zero-order chi connectivity index (χ0) is 18.4. The Bertz CT molecular complexity index is 744. The highest BCUT2D eigenvalue weighted by molar-refractivity contribution is 6.31. The largest absolute Gasteiger partial charge is 0.488 e.